The Labute approximate surface area is 82.9 Å². The molecule has 0 saturated heterocycles. The van der Waals surface area contributed by atoms with Crippen molar-refractivity contribution in [3.8, 4) is 0 Å². The summed E-state index contributed by atoms with van der Waals surface area (Å²) in [7, 11) is 0. The van der Waals surface area contributed by atoms with Gasteiger partial charge in [-0.2, -0.15) is 0 Å². The Kier molecular flexibility index (Phi) is 2.12. The van der Waals surface area contributed by atoms with Crippen LogP contribution in [-0.4, -0.2) is 11.1 Å². The third kappa shape index (κ3) is 1.43. The van der Waals surface area contributed by atoms with Crippen molar-refractivity contribution in [2.75, 3.05) is 0 Å². The van der Waals surface area contributed by atoms with Crippen LogP contribution in [0.1, 0.15) is 11.1 Å². The summed E-state index contributed by atoms with van der Waals surface area (Å²) in [5, 5.41) is 8.82. The van der Waals surface area contributed by atoms with E-state index in [4.69, 9.17) is 5.11 Å². The van der Waals surface area contributed by atoms with Crippen LogP contribution in [-0.2, 0) is 17.6 Å². The lowest BCUT2D eigenvalue weighted by Gasteiger charge is -2.07. The van der Waals surface area contributed by atoms with Crippen molar-refractivity contribution in [2.24, 2.45) is 5.92 Å². The molecule has 0 aliphatic heterocycles. The quantitative estimate of drug-likeness (QED) is 0.721. The molecule has 2 nitrogen and oxygen atoms in total. The maximum atomic E-state index is 10.7. The Balaban J connectivity index is 2.20. The van der Waals surface area contributed by atoms with Crippen molar-refractivity contribution in [3.63, 3.8) is 0 Å². The first-order chi connectivity index (χ1) is 6.68. The molecule has 0 spiro atoms. The van der Waals surface area contributed by atoms with E-state index >= 15 is 0 Å². The van der Waals surface area contributed by atoms with Gasteiger partial charge in [0.15, 0.2) is 0 Å². The summed E-state index contributed by atoms with van der Waals surface area (Å²) in [6.45, 7) is 3.62. The van der Waals surface area contributed by atoms with Gasteiger partial charge in [0.25, 0.3) is 0 Å². The van der Waals surface area contributed by atoms with Gasteiger partial charge in [0, 0.05) is 5.57 Å². The Morgan fingerprint density at radius 2 is 1.79 bits per heavy atom. The fraction of sp³-hybridized carbons (Fsp3) is 0.250. The second-order valence-corrected chi connectivity index (χ2v) is 3.70. The average Bonchev–Trinajstić information content (AvgIpc) is 2.59. The van der Waals surface area contributed by atoms with Crippen LogP contribution >= 0.6 is 0 Å². The van der Waals surface area contributed by atoms with Crippen LogP contribution in [0.3, 0.4) is 0 Å². The zero-order valence-electron chi connectivity index (χ0n) is 7.86. The van der Waals surface area contributed by atoms with Crippen molar-refractivity contribution in [2.45, 2.75) is 12.8 Å². The Morgan fingerprint density at radius 3 is 2.21 bits per heavy atom. The van der Waals surface area contributed by atoms with Crippen LogP contribution in [0.15, 0.2) is 36.4 Å². The number of carboxylic acids is 1. The molecule has 1 aromatic carbocycles. The lowest BCUT2D eigenvalue weighted by atomic mass is 9.98. The minimum absolute atomic E-state index is 0.0879. The van der Waals surface area contributed by atoms with E-state index in [-0.39, 0.29) is 5.92 Å². The minimum atomic E-state index is -0.872. The number of carbonyl (C=O) groups is 1. The van der Waals surface area contributed by atoms with E-state index in [1.165, 1.54) is 11.1 Å². The van der Waals surface area contributed by atoms with Gasteiger partial charge in [0.05, 0.1) is 0 Å². The van der Waals surface area contributed by atoms with E-state index in [9.17, 15) is 4.79 Å². The molecule has 0 fully saturated rings. The Bertz CT molecular complexity index is 368. The monoisotopic (exact) mass is 188 g/mol. The number of benzene rings is 1. The molecule has 0 radical (unpaired) electrons. The van der Waals surface area contributed by atoms with E-state index < -0.39 is 5.97 Å². The fourth-order valence-corrected chi connectivity index (χ4v) is 1.98. The molecule has 2 heteroatoms. The highest BCUT2D eigenvalue weighted by Gasteiger charge is 2.26. The van der Waals surface area contributed by atoms with Gasteiger partial charge in [-0.3, -0.25) is 0 Å². The first-order valence-corrected chi connectivity index (χ1v) is 4.67. The van der Waals surface area contributed by atoms with Gasteiger partial charge in [-0.05, 0) is 29.9 Å². The van der Waals surface area contributed by atoms with Crippen LogP contribution in [0.5, 0.6) is 0 Å². The summed E-state index contributed by atoms with van der Waals surface area (Å²) in [5.74, 6) is -0.785. The van der Waals surface area contributed by atoms with E-state index in [1.807, 2.05) is 12.1 Å². The number of fused-ring (bicyclic) bond motifs is 1. The van der Waals surface area contributed by atoms with Gasteiger partial charge >= 0.3 is 5.97 Å². The molecule has 0 amide bonds. The van der Waals surface area contributed by atoms with Gasteiger partial charge in [-0.15, -0.1) is 0 Å². The molecule has 0 saturated carbocycles. The van der Waals surface area contributed by atoms with Crippen molar-refractivity contribution in [1.29, 1.82) is 0 Å². The van der Waals surface area contributed by atoms with Crippen LogP contribution in [0.25, 0.3) is 0 Å². The predicted molar refractivity (Wildman–Crippen MR) is 54.1 cm³/mol. The molecule has 0 atom stereocenters. The lowest BCUT2D eigenvalue weighted by molar-refractivity contribution is -0.133. The number of hydrogen-bond acceptors (Lipinski definition) is 1. The first kappa shape index (κ1) is 9.00. The fourth-order valence-electron chi connectivity index (χ4n) is 1.98. The normalized spacial score (nSPS) is 15.1. The topological polar surface area (TPSA) is 37.3 Å². The van der Waals surface area contributed by atoms with E-state index in [0.717, 1.165) is 12.8 Å². The number of hydrogen-bond donors (Lipinski definition) is 1. The molecule has 14 heavy (non-hydrogen) atoms. The van der Waals surface area contributed by atoms with Gasteiger partial charge < -0.3 is 5.11 Å². The molecule has 0 unspecified atom stereocenters. The third-order valence-corrected chi connectivity index (χ3v) is 2.82. The summed E-state index contributed by atoms with van der Waals surface area (Å²) in [4.78, 5) is 10.7. The molecular formula is C12H12O2. The van der Waals surface area contributed by atoms with Gasteiger partial charge in [0.2, 0.25) is 0 Å². The van der Waals surface area contributed by atoms with Crippen LogP contribution in [0.4, 0.5) is 0 Å². The van der Waals surface area contributed by atoms with Gasteiger partial charge in [-0.25, -0.2) is 4.79 Å². The second-order valence-electron chi connectivity index (χ2n) is 3.70. The third-order valence-electron chi connectivity index (χ3n) is 2.82. The minimum Gasteiger partial charge on any atom is -0.478 e. The van der Waals surface area contributed by atoms with E-state index in [2.05, 4.69) is 18.7 Å². The summed E-state index contributed by atoms with van der Waals surface area (Å²) >= 11 is 0. The highest BCUT2D eigenvalue weighted by Crippen LogP contribution is 2.30. The van der Waals surface area contributed by atoms with E-state index in [0.29, 0.717) is 5.57 Å². The number of rotatable bonds is 2. The van der Waals surface area contributed by atoms with Crippen molar-refractivity contribution in [3.05, 3.63) is 47.5 Å². The van der Waals surface area contributed by atoms with E-state index in [1.54, 1.807) is 0 Å². The molecule has 1 aliphatic carbocycles. The van der Waals surface area contributed by atoms with Crippen molar-refractivity contribution >= 4 is 5.97 Å². The summed E-state index contributed by atoms with van der Waals surface area (Å²) in [6, 6.07) is 8.10. The van der Waals surface area contributed by atoms with Crippen LogP contribution < -0.4 is 0 Å². The SMILES string of the molecule is C=C(C(=O)O)C1Cc2ccccc2C1. The maximum Gasteiger partial charge on any atom is 0.331 e. The summed E-state index contributed by atoms with van der Waals surface area (Å²) in [5.41, 5.74) is 2.86. The average molecular weight is 188 g/mol. The van der Waals surface area contributed by atoms with Crippen molar-refractivity contribution in [1.82, 2.24) is 0 Å². The molecule has 2 rings (SSSR count). The Morgan fingerprint density at radius 1 is 1.29 bits per heavy atom. The highest BCUT2D eigenvalue weighted by atomic mass is 16.4. The van der Waals surface area contributed by atoms with Crippen LogP contribution in [0, 0.1) is 5.92 Å². The van der Waals surface area contributed by atoms with Gasteiger partial charge in [-0.1, -0.05) is 30.8 Å². The molecule has 72 valence electrons. The summed E-state index contributed by atoms with van der Waals surface area (Å²) in [6.07, 6.45) is 1.64. The first-order valence-electron chi connectivity index (χ1n) is 4.67. The maximum absolute atomic E-state index is 10.7. The highest BCUT2D eigenvalue weighted by molar-refractivity contribution is 5.86. The lowest BCUT2D eigenvalue weighted by Crippen LogP contribution is -2.11. The molecule has 1 aromatic rings. The zero-order valence-corrected chi connectivity index (χ0v) is 7.86. The number of aliphatic carboxylic acids is 1. The molecule has 0 aromatic heterocycles. The van der Waals surface area contributed by atoms with Crippen molar-refractivity contribution < 1.29 is 9.90 Å². The molecule has 0 heterocycles. The van der Waals surface area contributed by atoms with Crippen LogP contribution in [0.2, 0.25) is 0 Å². The molecule has 1 aliphatic rings. The smallest absolute Gasteiger partial charge is 0.331 e. The molecule has 0 bridgehead atoms. The second kappa shape index (κ2) is 3.29. The predicted octanol–water partition coefficient (Wildman–Crippen LogP) is 2.04. The van der Waals surface area contributed by atoms with Gasteiger partial charge in [0.1, 0.15) is 0 Å². The summed E-state index contributed by atoms with van der Waals surface area (Å²) < 4.78 is 0. The standard InChI is InChI=1S/C12H12O2/c1-8(12(13)14)11-6-9-4-2-3-5-10(9)7-11/h2-5,11H,1,6-7H2,(H,13,14). The molecular weight excluding hydrogens is 176 g/mol. The zero-order chi connectivity index (χ0) is 10.1. The molecule has 1 N–H and O–H groups in total. The largest absolute Gasteiger partial charge is 0.478 e. The number of carboxylic acid groups (broad SMARTS) is 1. The Hall–Kier alpha value is -1.57.